The van der Waals surface area contributed by atoms with Crippen LogP contribution < -0.4 is 108 Å². The summed E-state index contributed by atoms with van der Waals surface area (Å²) in [6.07, 6.45) is 36.4. The zero-order valence-electron chi connectivity index (χ0n) is 78.7. The zero-order valence-corrected chi connectivity index (χ0v) is 90.7. The van der Waals surface area contributed by atoms with E-state index in [1.165, 1.54) is 164 Å². The van der Waals surface area contributed by atoms with Crippen LogP contribution in [0.15, 0.2) is 335 Å². The van der Waals surface area contributed by atoms with Crippen molar-refractivity contribution in [3.05, 3.63) is 473 Å². The van der Waals surface area contributed by atoms with Gasteiger partial charge in [-0.1, -0.05) is 66.7 Å². The molecule has 10 heterocycles. The lowest BCUT2D eigenvalue weighted by Crippen LogP contribution is -3.00. The number of pyridine rings is 5. The predicted octanol–water partition coefficient (Wildman–Crippen LogP) is 11.3. The largest absolute Gasteiger partial charge is 1.00 e. The number of hydrogen-bond acceptors (Lipinski definition) is 10. The van der Waals surface area contributed by atoms with Crippen LogP contribution >= 0.6 is 56.7 Å². The Bertz CT molecular complexity index is 6810. The summed E-state index contributed by atoms with van der Waals surface area (Å²) in [5.74, 6) is -1.60. The van der Waals surface area contributed by atoms with Gasteiger partial charge in [-0.3, -0.25) is 0 Å². The Balaban J connectivity index is 0.000000166. The molecule has 20 aromatic rings. The highest BCUT2D eigenvalue weighted by Crippen LogP contribution is 2.31. The summed E-state index contributed by atoms with van der Waals surface area (Å²) in [6, 6.07) is 88.3. The summed E-state index contributed by atoms with van der Waals surface area (Å²) in [5.41, 5.74) is 23.3. The SMILES string of the molecule is Cc1ccc2nc(CCCc3cc[n+](Cc4c(F)cccc4F)cc3)sc2c1.Cc1ccc2nc(CCCc3cc[n+](Cc4ccc(F)cc4)cc3)sc2c1.Cc1ccc2nc(CCCc3cc[n+](Cc4ccc(F)cc4)cc3)sc2c1.Cc1ccc2nc(CCCc3cc[n+](Cc4ccc(F)cc4)cc3)sc2c1.Cc1ccc2nc(CCCc3cc[n+](Cc4ccccc4)cc3)sc2c1.[Br-].[Br-].[Br-].[Br-].[Br-]. The fourth-order valence-corrected chi connectivity index (χ4v) is 21.6. The van der Waals surface area contributed by atoms with Crippen LogP contribution in [-0.4, -0.2) is 24.9 Å². The van der Waals surface area contributed by atoms with E-state index in [1.807, 2.05) is 106 Å². The van der Waals surface area contributed by atoms with E-state index in [1.54, 1.807) is 15.9 Å². The zero-order chi connectivity index (χ0) is 93.2. The maximum Gasteiger partial charge on any atom is 0.179 e. The van der Waals surface area contributed by atoms with E-state index in [0.29, 0.717) is 0 Å². The molecule has 0 atom stereocenters. The van der Waals surface area contributed by atoms with Gasteiger partial charge in [-0.05, 0) is 332 Å². The molecular formula is C115H110Br5F5N10S5. The lowest BCUT2D eigenvalue weighted by molar-refractivity contribution is -0.689. The third-order valence-electron chi connectivity index (χ3n) is 23.5. The highest BCUT2D eigenvalue weighted by molar-refractivity contribution is 7.20. The van der Waals surface area contributed by atoms with Crippen molar-refractivity contribution in [1.29, 1.82) is 0 Å². The van der Waals surface area contributed by atoms with Crippen molar-refractivity contribution >= 4 is 108 Å². The summed E-state index contributed by atoms with van der Waals surface area (Å²) in [7, 11) is 0. The second kappa shape index (κ2) is 55.2. The van der Waals surface area contributed by atoms with Crippen molar-refractivity contribution in [1.82, 2.24) is 24.9 Å². The van der Waals surface area contributed by atoms with Gasteiger partial charge in [0.05, 0.1) is 81.7 Å². The molecule has 10 aromatic heterocycles. The van der Waals surface area contributed by atoms with E-state index >= 15 is 0 Å². The molecule has 0 saturated carbocycles. The first-order chi connectivity index (χ1) is 65.8. The van der Waals surface area contributed by atoms with Gasteiger partial charge in [-0.15, -0.1) is 56.7 Å². The second-order valence-electron chi connectivity index (χ2n) is 34.6. The van der Waals surface area contributed by atoms with Crippen molar-refractivity contribution < 1.29 is 130 Å². The van der Waals surface area contributed by atoms with E-state index < -0.39 is 11.6 Å². The normalized spacial score (nSPS) is 10.8. The standard InChI is InChI=1S/C23H21F2N2S.3C23H22FN2S.C23H23N2S.5BrH/c1-16-8-9-21-22(14-16)28-23(26-21)7-2-4-17-10-12-27(13-11-17)15-18-19(24)5-3-6-20(18)25;3*1-17-5-10-21-22(15-17)27-23(25-21)4-2-3-18-11-13-26(14-12-18)16-19-6-8-20(24)9-7-19;1-18-10-11-21-22(16-18)26-23(24-21)9-5-8-19-12-14-25(15-13-19)17-20-6-3-2-4-7-20;;;;;/h3,5-6,8-14H,2,4,7,15H2,1H3;3*5-15H,2-4,16H2,1H3;2-4,6-7,10-16H,5,8-9,17H2,1H3;5*1H/q5*+1;;;;;/p-5. The highest BCUT2D eigenvalue weighted by Gasteiger charge is 2.18. The molecule has 0 bridgehead atoms. The molecule has 0 spiro atoms. The maximum atomic E-state index is 13.8. The molecule has 0 fully saturated rings. The predicted molar refractivity (Wildman–Crippen MR) is 543 cm³/mol. The first-order valence-electron chi connectivity index (χ1n) is 46.2. The molecule has 0 aliphatic rings. The van der Waals surface area contributed by atoms with Crippen molar-refractivity contribution in [2.24, 2.45) is 0 Å². The van der Waals surface area contributed by atoms with Crippen LogP contribution in [0.3, 0.4) is 0 Å². The number of aryl methyl sites for hydroxylation is 15. The number of aromatic nitrogens is 10. The Kier molecular flexibility index (Phi) is 43.3. The third kappa shape index (κ3) is 33.6. The number of nitrogens with zero attached hydrogens (tertiary/aromatic N) is 10. The molecule has 0 N–H and O–H groups in total. The minimum absolute atomic E-state index is 0. The molecule has 0 radical (unpaired) electrons. The quantitative estimate of drug-likeness (QED) is 0.0331. The molecule has 720 valence electrons. The van der Waals surface area contributed by atoms with Gasteiger partial charge in [0.2, 0.25) is 0 Å². The van der Waals surface area contributed by atoms with E-state index in [0.717, 1.165) is 167 Å². The lowest BCUT2D eigenvalue weighted by Gasteiger charge is -2.03. The lowest BCUT2D eigenvalue weighted by atomic mass is 10.1. The molecule has 0 saturated heterocycles. The summed E-state index contributed by atoms with van der Waals surface area (Å²) >= 11 is 9.03. The van der Waals surface area contributed by atoms with Crippen molar-refractivity contribution in [2.45, 2.75) is 164 Å². The van der Waals surface area contributed by atoms with E-state index in [2.05, 4.69) is 272 Å². The number of benzene rings is 10. The van der Waals surface area contributed by atoms with Crippen LogP contribution in [0.5, 0.6) is 0 Å². The van der Waals surface area contributed by atoms with E-state index in [-0.39, 0.29) is 114 Å². The first kappa shape index (κ1) is 110. The summed E-state index contributed by atoms with van der Waals surface area (Å²) in [4.78, 5) is 23.7. The van der Waals surface area contributed by atoms with Crippen LogP contribution in [0, 0.1) is 63.7 Å². The van der Waals surface area contributed by atoms with Crippen LogP contribution in [0.2, 0.25) is 0 Å². The Morgan fingerprint density at radius 1 is 0.207 bits per heavy atom. The van der Waals surface area contributed by atoms with Crippen LogP contribution in [0.1, 0.15) is 141 Å². The fourth-order valence-electron chi connectivity index (χ4n) is 16.0. The third-order valence-corrected chi connectivity index (χ3v) is 28.9. The first-order valence-corrected chi connectivity index (χ1v) is 50.3. The van der Waals surface area contributed by atoms with Gasteiger partial charge < -0.3 is 84.9 Å². The Labute approximate surface area is 890 Å². The number of rotatable bonds is 30. The second-order valence-corrected chi connectivity index (χ2v) is 40.2. The highest BCUT2D eigenvalue weighted by atomic mass is 79.9. The number of halogens is 10. The molecular weight excluding hydrogens is 2180 g/mol. The summed E-state index contributed by atoms with van der Waals surface area (Å²) < 4.78 is 83.3. The van der Waals surface area contributed by atoms with Gasteiger partial charge in [0.1, 0.15) is 29.1 Å². The van der Waals surface area contributed by atoms with Crippen molar-refractivity contribution in [3.63, 3.8) is 0 Å². The average molecular weight is 2290 g/mol. The Hall–Kier alpha value is -10.6. The molecule has 0 aliphatic carbocycles. The molecule has 0 aliphatic heterocycles. The molecule has 10 nitrogen and oxygen atoms in total. The average Bonchev–Trinajstić information content (AvgIpc) is 1.80. The number of hydrogen-bond donors (Lipinski definition) is 0. The van der Waals surface area contributed by atoms with Gasteiger partial charge in [0.25, 0.3) is 0 Å². The minimum Gasteiger partial charge on any atom is -1.00 e. The Morgan fingerprint density at radius 3 is 0.636 bits per heavy atom. The van der Waals surface area contributed by atoms with Gasteiger partial charge in [0, 0.05) is 82.9 Å². The van der Waals surface area contributed by atoms with Gasteiger partial charge >= 0.3 is 0 Å². The van der Waals surface area contributed by atoms with Gasteiger partial charge in [-0.25, -0.2) is 69.7 Å². The van der Waals surface area contributed by atoms with Gasteiger partial charge in [0.15, 0.2) is 94.7 Å². The van der Waals surface area contributed by atoms with Crippen LogP contribution in [-0.2, 0) is 96.9 Å². The molecule has 0 amide bonds. The van der Waals surface area contributed by atoms with E-state index in [9.17, 15) is 22.0 Å². The maximum absolute atomic E-state index is 13.8. The Morgan fingerprint density at radius 2 is 0.414 bits per heavy atom. The summed E-state index contributed by atoms with van der Waals surface area (Å²) in [5, 5.41) is 6.08. The van der Waals surface area contributed by atoms with E-state index in [4.69, 9.17) is 24.9 Å². The molecule has 20 rings (SSSR count). The van der Waals surface area contributed by atoms with Gasteiger partial charge in [-0.2, -0.15) is 0 Å². The number of fused-ring (bicyclic) bond motifs is 5. The molecule has 10 aromatic carbocycles. The van der Waals surface area contributed by atoms with Crippen molar-refractivity contribution in [3.8, 4) is 0 Å². The van der Waals surface area contributed by atoms with Crippen LogP contribution in [0.4, 0.5) is 22.0 Å². The smallest absolute Gasteiger partial charge is 0.179 e. The number of thiazole rings is 5. The van der Waals surface area contributed by atoms with Crippen molar-refractivity contribution in [2.75, 3.05) is 0 Å². The topological polar surface area (TPSA) is 83.8 Å². The molecule has 140 heavy (non-hydrogen) atoms. The summed E-state index contributed by atoms with van der Waals surface area (Å²) in [6.45, 7) is 14.0. The fraction of sp³-hybridized carbons (Fsp3) is 0.217. The monoisotopic (exact) mass is 2280 g/mol. The molecule has 0 unspecified atom stereocenters. The van der Waals surface area contributed by atoms with Crippen LogP contribution in [0.25, 0.3) is 51.1 Å². The minimum atomic E-state index is -0.511. The molecule has 25 heteroatoms.